The van der Waals surface area contributed by atoms with Crippen molar-refractivity contribution in [3.63, 3.8) is 0 Å². The maximum Gasteiger partial charge on any atom is 0.0130 e. The van der Waals surface area contributed by atoms with Gasteiger partial charge in [0.15, 0.2) is 0 Å². The van der Waals surface area contributed by atoms with Gasteiger partial charge in [0.1, 0.15) is 0 Å². The zero-order valence-corrected chi connectivity index (χ0v) is 10.3. The predicted octanol–water partition coefficient (Wildman–Crippen LogP) is 4.14. The number of benzene rings is 1. The molecule has 0 fully saturated rings. The van der Waals surface area contributed by atoms with Crippen molar-refractivity contribution in [2.24, 2.45) is 5.92 Å². The van der Waals surface area contributed by atoms with Crippen LogP contribution in [0, 0.1) is 9.49 Å². The summed E-state index contributed by atoms with van der Waals surface area (Å²) >= 11 is 2.34. The summed E-state index contributed by atoms with van der Waals surface area (Å²) in [7, 11) is 0. The summed E-state index contributed by atoms with van der Waals surface area (Å²) in [5.41, 5.74) is 1.42. The van der Waals surface area contributed by atoms with E-state index in [1.54, 1.807) is 0 Å². The Kier molecular flexibility index (Phi) is 3.06. The van der Waals surface area contributed by atoms with Gasteiger partial charge >= 0.3 is 0 Å². The van der Waals surface area contributed by atoms with Crippen LogP contribution in [0.2, 0.25) is 0 Å². The van der Waals surface area contributed by atoms with E-state index in [1.807, 2.05) is 0 Å². The highest BCUT2D eigenvalue weighted by molar-refractivity contribution is 14.1. The summed E-state index contributed by atoms with van der Waals surface area (Å²) in [5, 5.41) is 0. The van der Waals surface area contributed by atoms with Crippen LogP contribution in [0.1, 0.15) is 18.4 Å². The normalized spacial score (nSPS) is 25.3. The van der Waals surface area contributed by atoms with E-state index in [2.05, 4.69) is 78.1 Å². The Hall–Kier alpha value is -0.570. The van der Waals surface area contributed by atoms with E-state index in [0.717, 1.165) is 0 Å². The Morgan fingerprint density at radius 2 is 1.64 bits per heavy atom. The van der Waals surface area contributed by atoms with E-state index in [-0.39, 0.29) is 0 Å². The Morgan fingerprint density at radius 3 is 2.29 bits per heavy atom. The van der Waals surface area contributed by atoms with Gasteiger partial charge in [-0.3, -0.25) is 0 Å². The standard InChI is InChI=1S/C13H13I/c1-10-4-2-3-5-13(10)11-6-8-12(14)9-7-11/h2-10,13H,1H3. The molecule has 1 heteroatoms. The number of hydrogen-bond donors (Lipinski definition) is 0. The minimum atomic E-state index is 0.553. The van der Waals surface area contributed by atoms with Crippen LogP contribution >= 0.6 is 22.6 Å². The molecule has 0 saturated carbocycles. The molecule has 0 saturated heterocycles. The third kappa shape index (κ3) is 2.08. The first-order chi connectivity index (χ1) is 6.77. The van der Waals surface area contributed by atoms with Crippen molar-refractivity contribution in [1.29, 1.82) is 0 Å². The highest BCUT2D eigenvalue weighted by Gasteiger charge is 2.15. The molecule has 0 aliphatic heterocycles. The first kappa shape index (κ1) is 9.97. The highest BCUT2D eigenvalue weighted by atomic mass is 127. The van der Waals surface area contributed by atoms with Gasteiger partial charge in [-0.25, -0.2) is 0 Å². The van der Waals surface area contributed by atoms with Gasteiger partial charge in [0.25, 0.3) is 0 Å². The SMILES string of the molecule is CC1C=CC=CC1c1ccc(I)cc1. The van der Waals surface area contributed by atoms with Crippen LogP contribution in [0.3, 0.4) is 0 Å². The van der Waals surface area contributed by atoms with Gasteiger partial charge in [-0.05, 0) is 46.2 Å². The van der Waals surface area contributed by atoms with Crippen molar-refractivity contribution >= 4 is 22.6 Å². The molecule has 0 N–H and O–H groups in total. The molecule has 0 heterocycles. The molecular formula is C13H13I. The molecule has 2 unspecified atom stereocenters. The van der Waals surface area contributed by atoms with Crippen molar-refractivity contribution in [3.05, 3.63) is 57.7 Å². The van der Waals surface area contributed by atoms with Gasteiger partial charge in [0.2, 0.25) is 0 Å². The molecule has 14 heavy (non-hydrogen) atoms. The fourth-order valence-corrected chi connectivity index (χ4v) is 2.18. The third-order valence-electron chi connectivity index (χ3n) is 2.67. The number of hydrogen-bond acceptors (Lipinski definition) is 0. The second kappa shape index (κ2) is 4.30. The van der Waals surface area contributed by atoms with Crippen molar-refractivity contribution in [1.82, 2.24) is 0 Å². The second-order valence-electron chi connectivity index (χ2n) is 3.71. The van der Waals surface area contributed by atoms with Crippen LogP contribution in [0.25, 0.3) is 0 Å². The molecule has 1 aromatic rings. The Bertz CT molecular complexity index is 359. The lowest BCUT2D eigenvalue weighted by Crippen LogP contribution is -2.06. The molecular weight excluding hydrogens is 283 g/mol. The average Bonchev–Trinajstić information content (AvgIpc) is 2.20. The number of allylic oxidation sites excluding steroid dienone is 4. The minimum Gasteiger partial charge on any atom is -0.0808 e. The minimum absolute atomic E-state index is 0.553. The summed E-state index contributed by atoms with van der Waals surface area (Å²) in [6.07, 6.45) is 8.83. The summed E-state index contributed by atoms with van der Waals surface area (Å²) in [6, 6.07) is 8.81. The largest absolute Gasteiger partial charge is 0.0808 e. The fourth-order valence-electron chi connectivity index (χ4n) is 1.82. The lowest BCUT2D eigenvalue weighted by Gasteiger charge is -2.20. The van der Waals surface area contributed by atoms with Crippen LogP contribution in [-0.2, 0) is 0 Å². The molecule has 0 spiro atoms. The van der Waals surface area contributed by atoms with Gasteiger partial charge in [-0.2, -0.15) is 0 Å². The molecule has 0 bridgehead atoms. The van der Waals surface area contributed by atoms with E-state index in [0.29, 0.717) is 11.8 Å². The van der Waals surface area contributed by atoms with Crippen molar-refractivity contribution < 1.29 is 0 Å². The Morgan fingerprint density at radius 1 is 1.00 bits per heavy atom. The van der Waals surface area contributed by atoms with Crippen LogP contribution < -0.4 is 0 Å². The smallest absolute Gasteiger partial charge is 0.0130 e. The van der Waals surface area contributed by atoms with Gasteiger partial charge in [0.05, 0.1) is 0 Å². The fraction of sp³-hybridized carbons (Fsp3) is 0.231. The van der Waals surface area contributed by atoms with Gasteiger partial charge < -0.3 is 0 Å². The Balaban J connectivity index is 2.27. The summed E-state index contributed by atoms with van der Waals surface area (Å²) in [5.74, 6) is 1.16. The quantitative estimate of drug-likeness (QED) is 0.683. The Labute approximate surface area is 98.9 Å². The van der Waals surface area contributed by atoms with E-state index in [1.165, 1.54) is 9.13 Å². The van der Waals surface area contributed by atoms with Crippen molar-refractivity contribution in [2.75, 3.05) is 0 Å². The molecule has 0 aromatic heterocycles. The summed E-state index contributed by atoms with van der Waals surface area (Å²) < 4.78 is 1.30. The summed E-state index contributed by atoms with van der Waals surface area (Å²) in [6.45, 7) is 2.27. The monoisotopic (exact) mass is 296 g/mol. The van der Waals surface area contributed by atoms with Crippen LogP contribution in [0.4, 0.5) is 0 Å². The van der Waals surface area contributed by atoms with Gasteiger partial charge in [-0.15, -0.1) is 0 Å². The molecule has 1 aliphatic carbocycles. The molecule has 1 aliphatic rings. The predicted molar refractivity (Wildman–Crippen MR) is 69.3 cm³/mol. The van der Waals surface area contributed by atoms with E-state index in [4.69, 9.17) is 0 Å². The second-order valence-corrected chi connectivity index (χ2v) is 4.95. The third-order valence-corrected chi connectivity index (χ3v) is 3.38. The molecule has 0 amide bonds. The molecule has 2 atom stereocenters. The van der Waals surface area contributed by atoms with Crippen molar-refractivity contribution in [3.8, 4) is 0 Å². The lowest BCUT2D eigenvalue weighted by atomic mass is 9.84. The number of halogens is 1. The van der Waals surface area contributed by atoms with E-state index < -0.39 is 0 Å². The lowest BCUT2D eigenvalue weighted by molar-refractivity contribution is 0.635. The van der Waals surface area contributed by atoms with Crippen molar-refractivity contribution in [2.45, 2.75) is 12.8 Å². The average molecular weight is 296 g/mol. The topological polar surface area (TPSA) is 0 Å². The van der Waals surface area contributed by atoms with E-state index in [9.17, 15) is 0 Å². The molecule has 2 rings (SSSR count). The zero-order valence-electron chi connectivity index (χ0n) is 8.15. The van der Waals surface area contributed by atoms with Crippen LogP contribution in [-0.4, -0.2) is 0 Å². The van der Waals surface area contributed by atoms with Crippen LogP contribution in [0.5, 0.6) is 0 Å². The molecule has 72 valence electrons. The first-order valence-corrected chi connectivity index (χ1v) is 5.96. The number of rotatable bonds is 1. The van der Waals surface area contributed by atoms with Gasteiger partial charge in [-0.1, -0.05) is 43.4 Å². The zero-order chi connectivity index (χ0) is 9.97. The highest BCUT2D eigenvalue weighted by Crippen LogP contribution is 2.29. The summed E-state index contributed by atoms with van der Waals surface area (Å²) in [4.78, 5) is 0. The maximum atomic E-state index is 2.34. The first-order valence-electron chi connectivity index (χ1n) is 4.88. The maximum absolute atomic E-state index is 2.34. The van der Waals surface area contributed by atoms with E-state index >= 15 is 0 Å². The molecule has 0 radical (unpaired) electrons. The van der Waals surface area contributed by atoms with Gasteiger partial charge in [0, 0.05) is 9.49 Å². The molecule has 0 nitrogen and oxygen atoms in total. The molecule has 1 aromatic carbocycles. The van der Waals surface area contributed by atoms with Crippen LogP contribution in [0.15, 0.2) is 48.6 Å².